The van der Waals surface area contributed by atoms with Crippen LogP contribution >= 0.6 is 0 Å². The van der Waals surface area contributed by atoms with Gasteiger partial charge in [0, 0.05) is 23.1 Å². The lowest BCUT2D eigenvalue weighted by molar-refractivity contribution is 0.379. The van der Waals surface area contributed by atoms with Crippen LogP contribution in [0.4, 0.5) is 13.2 Å². The molecule has 0 fully saturated rings. The van der Waals surface area contributed by atoms with Gasteiger partial charge in [-0.3, -0.25) is 0 Å². The molecule has 0 aromatic heterocycles. The summed E-state index contributed by atoms with van der Waals surface area (Å²) < 4.78 is 49.6. The molecule has 2 atom stereocenters. The molecular formula is C26H31F3O. The highest BCUT2D eigenvalue weighted by atomic mass is 19.2. The van der Waals surface area contributed by atoms with Gasteiger partial charge in [-0.2, -0.15) is 4.39 Å². The van der Waals surface area contributed by atoms with Crippen LogP contribution in [0, 0.1) is 29.3 Å². The van der Waals surface area contributed by atoms with Crippen LogP contribution in [0.25, 0.3) is 6.08 Å². The zero-order chi connectivity index (χ0) is 21.8. The molecular weight excluding hydrogens is 385 g/mol. The van der Waals surface area contributed by atoms with Crippen molar-refractivity contribution in [2.24, 2.45) is 11.8 Å². The number of ether oxygens (including phenoxy) is 1. The summed E-state index contributed by atoms with van der Waals surface area (Å²) in [7, 11) is 0. The molecule has 0 saturated heterocycles. The predicted octanol–water partition coefficient (Wildman–Crippen LogP) is 8.23. The average Bonchev–Trinajstić information content (AvgIpc) is 2.74. The van der Waals surface area contributed by atoms with Crippen LogP contribution in [0.2, 0.25) is 0 Å². The lowest BCUT2D eigenvalue weighted by atomic mass is 9.94. The second-order valence-corrected chi connectivity index (χ2v) is 8.56. The topological polar surface area (TPSA) is 9.23 Å². The number of halogens is 3. The molecule has 0 N–H and O–H groups in total. The van der Waals surface area contributed by atoms with Gasteiger partial charge in [0.2, 0.25) is 5.82 Å². The van der Waals surface area contributed by atoms with E-state index in [1.54, 1.807) is 18.2 Å². The zero-order valence-electron chi connectivity index (χ0n) is 18.3. The Bertz CT molecular complexity index is 933. The summed E-state index contributed by atoms with van der Waals surface area (Å²) >= 11 is 0. The van der Waals surface area contributed by atoms with Gasteiger partial charge in [0.25, 0.3) is 0 Å². The maximum absolute atomic E-state index is 15.1. The maximum Gasteiger partial charge on any atom is 0.201 e. The molecule has 2 aromatic rings. The number of hydrogen-bond acceptors (Lipinski definition) is 1. The fraction of sp³-hybridized carbons (Fsp3) is 0.462. The molecule has 162 valence electrons. The van der Waals surface area contributed by atoms with E-state index in [4.69, 9.17) is 4.74 Å². The SMILES string of the molecule is CCCc1cc2c(c(F)c1F)Oc1c(ccc(/C=C/C(C)CCC(C)CC)c1F)C2. The monoisotopic (exact) mass is 416 g/mol. The van der Waals surface area contributed by atoms with Crippen molar-refractivity contribution in [2.75, 3.05) is 0 Å². The van der Waals surface area contributed by atoms with Gasteiger partial charge in [-0.15, -0.1) is 0 Å². The van der Waals surface area contributed by atoms with E-state index in [1.165, 1.54) is 0 Å². The summed E-state index contributed by atoms with van der Waals surface area (Å²) in [6.45, 7) is 8.46. The van der Waals surface area contributed by atoms with E-state index in [0.717, 1.165) is 19.3 Å². The summed E-state index contributed by atoms with van der Waals surface area (Å²) in [5.41, 5.74) is 1.95. The highest BCUT2D eigenvalue weighted by molar-refractivity contribution is 5.59. The van der Waals surface area contributed by atoms with Gasteiger partial charge in [-0.1, -0.05) is 71.2 Å². The van der Waals surface area contributed by atoms with Crippen LogP contribution in [0.15, 0.2) is 24.3 Å². The van der Waals surface area contributed by atoms with Crippen LogP contribution < -0.4 is 4.74 Å². The highest BCUT2D eigenvalue weighted by Gasteiger charge is 2.27. The Kier molecular flexibility index (Phi) is 7.27. The number of hydrogen-bond donors (Lipinski definition) is 0. The van der Waals surface area contributed by atoms with E-state index in [1.807, 2.05) is 19.1 Å². The maximum atomic E-state index is 15.1. The Morgan fingerprint density at radius 3 is 2.40 bits per heavy atom. The molecule has 0 aliphatic carbocycles. The van der Waals surface area contributed by atoms with Crippen LogP contribution in [-0.2, 0) is 12.8 Å². The van der Waals surface area contributed by atoms with Crippen LogP contribution in [0.5, 0.6) is 11.5 Å². The molecule has 1 heterocycles. The Balaban J connectivity index is 1.83. The lowest BCUT2D eigenvalue weighted by Crippen LogP contribution is -2.10. The van der Waals surface area contributed by atoms with Crippen LogP contribution in [0.3, 0.4) is 0 Å². The third kappa shape index (κ3) is 4.74. The lowest BCUT2D eigenvalue weighted by Gasteiger charge is -2.23. The number of fused-ring (bicyclic) bond motifs is 2. The molecule has 1 aliphatic rings. The first-order valence-electron chi connectivity index (χ1n) is 11.0. The average molecular weight is 417 g/mol. The van der Waals surface area contributed by atoms with Gasteiger partial charge in [-0.05, 0) is 36.3 Å². The second-order valence-electron chi connectivity index (χ2n) is 8.56. The van der Waals surface area contributed by atoms with Crippen molar-refractivity contribution < 1.29 is 17.9 Å². The van der Waals surface area contributed by atoms with Crippen molar-refractivity contribution in [1.29, 1.82) is 0 Å². The molecule has 30 heavy (non-hydrogen) atoms. The minimum absolute atomic E-state index is 0.00144. The molecule has 0 radical (unpaired) electrons. The Morgan fingerprint density at radius 2 is 1.70 bits per heavy atom. The standard InChI is InChI=1S/C26H31F3O/c1-5-7-19-14-21-15-20-13-12-18(11-10-17(4)9-8-16(3)6-2)23(28)25(20)30-26(21)24(29)22(19)27/h10-14,16-17H,5-9,15H2,1-4H3/b11-10+. The highest BCUT2D eigenvalue weighted by Crippen LogP contribution is 2.42. The van der Waals surface area contributed by atoms with Crippen molar-refractivity contribution in [2.45, 2.75) is 66.2 Å². The van der Waals surface area contributed by atoms with E-state index >= 15 is 4.39 Å². The largest absolute Gasteiger partial charge is 0.450 e. The number of aryl methyl sites for hydroxylation is 1. The summed E-state index contributed by atoms with van der Waals surface area (Å²) in [5.74, 6) is -1.63. The minimum atomic E-state index is -1.03. The molecule has 0 amide bonds. The van der Waals surface area contributed by atoms with E-state index < -0.39 is 17.5 Å². The van der Waals surface area contributed by atoms with Crippen LogP contribution in [0.1, 0.15) is 75.6 Å². The first kappa shape index (κ1) is 22.5. The van der Waals surface area contributed by atoms with E-state index in [-0.39, 0.29) is 11.5 Å². The quantitative estimate of drug-likeness (QED) is 0.359. The molecule has 0 saturated carbocycles. The molecule has 3 rings (SSSR count). The van der Waals surface area contributed by atoms with Crippen molar-refractivity contribution in [3.05, 3.63) is 64.0 Å². The van der Waals surface area contributed by atoms with Gasteiger partial charge >= 0.3 is 0 Å². The number of benzene rings is 2. The summed E-state index contributed by atoms with van der Waals surface area (Å²) in [4.78, 5) is 0. The summed E-state index contributed by atoms with van der Waals surface area (Å²) in [6.07, 6.45) is 8.60. The Labute approximate surface area is 178 Å². The van der Waals surface area contributed by atoms with Crippen LogP contribution in [-0.4, -0.2) is 0 Å². The van der Waals surface area contributed by atoms with E-state index in [9.17, 15) is 8.78 Å². The first-order valence-corrected chi connectivity index (χ1v) is 11.0. The second kappa shape index (κ2) is 9.72. The van der Waals surface area contributed by atoms with E-state index in [0.29, 0.717) is 53.4 Å². The Hall–Kier alpha value is -2.23. The smallest absolute Gasteiger partial charge is 0.201 e. The fourth-order valence-electron chi connectivity index (χ4n) is 3.83. The molecule has 2 aromatic carbocycles. The Morgan fingerprint density at radius 1 is 0.967 bits per heavy atom. The van der Waals surface area contributed by atoms with Gasteiger partial charge < -0.3 is 4.74 Å². The van der Waals surface area contributed by atoms with Gasteiger partial charge in [0.15, 0.2) is 23.1 Å². The predicted molar refractivity (Wildman–Crippen MR) is 117 cm³/mol. The van der Waals surface area contributed by atoms with Crippen molar-refractivity contribution in [1.82, 2.24) is 0 Å². The third-order valence-corrected chi connectivity index (χ3v) is 6.04. The summed E-state index contributed by atoms with van der Waals surface area (Å²) in [6, 6.07) is 5.18. The molecule has 2 unspecified atom stereocenters. The zero-order valence-corrected chi connectivity index (χ0v) is 18.3. The molecule has 1 nitrogen and oxygen atoms in total. The molecule has 0 bridgehead atoms. The normalized spacial score (nSPS) is 14.9. The van der Waals surface area contributed by atoms with Crippen molar-refractivity contribution in [3.8, 4) is 11.5 Å². The third-order valence-electron chi connectivity index (χ3n) is 6.04. The van der Waals surface area contributed by atoms with Crippen molar-refractivity contribution >= 4 is 6.08 Å². The van der Waals surface area contributed by atoms with Gasteiger partial charge in [0.05, 0.1) is 0 Å². The van der Waals surface area contributed by atoms with Crippen molar-refractivity contribution in [3.63, 3.8) is 0 Å². The van der Waals surface area contributed by atoms with E-state index in [2.05, 4.69) is 20.8 Å². The number of allylic oxidation sites excluding steroid dienone is 1. The number of rotatable bonds is 8. The van der Waals surface area contributed by atoms with Gasteiger partial charge in [0.1, 0.15) is 0 Å². The minimum Gasteiger partial charge on any atom is -0.450 e. The molecule has 1 aliphatic heterocycles. The summed E-state index contributed by atoms with van der Waals surface area (Å²) in [5, 5.41) is 0. The van der Waals surface area contributed by atoms with Gasteiger partial charge in [-0.25, -0.2) is 8.78 Å². The first-order chi connectivity index (χ1) is 14.3. The fourth-order valence-corrected chi connectivity index (χ4v) is 3.83. The molecule has 0 spiro atoms. The molecule has 4 heteroatoms.